The number of carbonyl (C=O) groups excluding carboxylic acids is 1. The molecule has 9 heteroatoms. The highest BCUT2D eigenvalue weighted by molar-refractivity contribution is 7.14. The highest BCUT2D eigenvalue weighted by Crippen LogP contribution is 2.28. The van der Waals surface area contributed by atoms with Gasteiger partial charge in [-0.15, -0.1) is 10.2 Å². The van der Waals surface area contributed by atoms with Crippen molar-refractivity contribution in [3.8, 4) is 10.6 Å². The zero-order chi connectivity index (χ0) is 17.9. The molecule has 0 spiro atoms. The summed E-state index contributed by atoms with van der Waals surface area (Å²) in [7, 11) is 0. The van der Waals surface area contributed by atoms with Gasteiger partial charge < -0.3 is 10.1 Å². The predicted molar refractivity (Wildman–Crippen MR) is 98.1 cm³/mol. The molecule has 0 saturated carbocycles. The molecule has 0 radical (unpaired) electrons. The van der Waals surface area contributed by atoms with Crippen molar-refractivity contribution < 1.29 is 9.53 Å². The molecule has 8 nitrogen and oxygen atoms in total. The van der Waals surface area contributed by atoms with Crippen LogP contribution in [0.2, 0.25) is 0 Å². The molecule has 26 heavy (non-hydrogen) atoms. The third-order valence-corrected chi connectivity index (χ3v) is 5.01. The Hall–Kier alpha value is -3.07. The van der Waals surface area contributed by atoms with E-state index in [9.17, 15) is 4.79 Å². The lowest BCUT2D eigenvalue weighted by atomic mass is 10.2. The second-order valence-electron chi connectivity index (χ2n) is 5.68. The molecule has 1 N–H and O–H groups in total. The smallest absolute Gasteiger partial charge is 0.415 e. The number of nitrogens with one attached hydrogen (secondary N) is 1. The lowest BCUT2D eigenvalue weighted by Gasteiger charge is -2.14. The quantitative estimate of drug-likeness (QED) is 0.739. The molecular formula is C17H16N6O2S. The van der Waals surface area contributed by atoms with E-state index in [1.54, 1.807) is 12.3 Å². The summed E-state index contributed by atoms with van der Waals surface area (Å²) in [6.07, 6.45) is 1.22. The third kappa shape index (κ3) is 3.33. The molecule has 4 rings (SSSR count). The Balaban J connectivity index is 1.49. The molecular weight excluding hydrogens is 352 g/mol. The van der Waals surface area contributed by atoms with E-state index in [0.29, 0.717) is 24.9 Å². The van der Waals surface area contributed by atoms with Gasteiger partial charge in [0.05, 0.1) is 12.6 Å². The molecule has 0 aliphatic carbocycles. The Morgan fingerprint density at radius 2 is 2.08 bits per heavy atom. The van der Waals surface area contributed by atoms with Gasteiger partial charge in [0.2, 0.25) is 5.95 Å². The number of nitrogens with zero attached hydrogens (tertiary/aromatic N) is 5. The first-order valence-corrected chi connectivity index (χ1v) is 8.95. The van der Waals surface area contributed by atoms with Gasteiger partial charge >= 0.3 is 6.09 Å². The predicted octanol–water partition coefficient (Wildman–Crippen LogP) is 3.12. The minimum absolute atomic E-state index is 0.120. The summed E-state index contributed by atoms with van der Waals surface area (Å²) in [6, 6.07) is 11.5. The normalized spacial score (nSPS) is 15.0. The van der Waals surface area contributed by atoms with Crippen molar-refractivity contribution in [2.45, 2.75) is 13.0 Å². The SMILES string of the molecule is C[C@H](Nc1nccc(N2CCOC2=O)n1)c1nnc(-c2ccccc2)s1. The van der Waals surface area contributed by atoms with Gasteiger partial charge in [-0.25, -0.2) is 9.78 Å². The molecule has 1 aliphatic rings. The monoisotopic (exact) mass is 368 g/mol. The van der Waals surface area contributed by atoms with Gasteiger partial charge in [-0.2, -0.15) is 4.98 Å². The van der Waals surface area contributed by atoms with E-state index < -0.39 is 0 Å². The Morgan fingerprint density at radius 3 is 2.85 bits per heavy atom. The fourth-order valence-electron chi connectivity index (χ4n) is 2.53. The van der Waals surface area contributed by atoms with E-state index in [0.717, 1.165) is 15.6 Å². The first-order valence-electron chi connectivity index (χ1n) is 8.13. The summed E-state index contributed by atoms with van der Waals surface area (Å²) in [5, 5.41) is 13.4. The standard InChI is InChI=1S/C17H16N6O2S/c1-11(14-21-22-15(26-14)12-5-3-2-4-6-12)19-16-18-8-7-13(20-16)23-9-10-25-17(23)24/h2-8,11H,9-10H2,1H3,(H,18,19,20)/t11-/m0/s1. The number of aromatic nitrogens is 4. The van der Waals surface area contributed by atoms with Gasteiger partial charge in [0.25, 0.3) is 0 Å². The molecule has 3 aromatic rings. The van der Waals surface area contributed by atoms with Crippen molar-refractivity contribution in [3.63, 3.8) is 0 Å². The number of cyclic esters (lactones) is 1. The second-order valence-corrected chi connectivity index (χ2v) is 6.69. The Morgan fingerprint density at radius 1 is 1.23 bits per heavy atom. The Kier molecular flexibility index (Phi) is 4.44. The van der Waals surface area contributed by atoms with Gasteiger partial charge in [-0.05, 0) is 13.0 Å². The summed E-state index contributed by atoms with van der Waals surface area (Å²) in [5.41, 5.74) is 1.04. The van der Waals surface area contributed by atoms with Crippen LogP contribution < -0.4 is 10.2 Å². The van der Waals surface area contributed by atoms with E-state index in [1.165, 1.54) is 16.2 Å². The lowest BCUT2D eigenvalue weighted by molar-refractivity contribution is 0.181. The minimum atomic E-state index is -0.390. The van der Waals surface area contributed by atoms with E-state index in [2.05, 4.69) is 25.5 Å². The van der Waals surface area contributed by atoms with Gasteiger partial charge in [0, 0.05) is 11.8 Å². The van der Waals surface area contributed by atoms with Crippen LogP contribution in [0.5, 0.6) is 0 Å². The number of anilines is 2. The molecule has 1 aliphatic heterocycles. The molecule has 1 saturated heterocycles. The molecule has 3 heterocycles. The van der Waals surface area contributed by atoms with Crippen LogP contribution in [-0.2, 0) is 4.74 Å². The zero-order valence-electron chi connectivity index (χ0n) is 14.0. The zero-order valence-corrected chi connectivity index (χ0v) is 14.8. The summed E-state index contributed by atoms with van der Waals surface area (Å²) < 4.78 is 4.94. The maximum atomic E-state index is 11.7. The summed E-state index contributed by atoms with van der Waals surface area (Å²) >= 11 is 1.52. The van der Waals surface area contributed by atoms with Crippen LogP contribution in [0.15, 0.2) is 42.6 Å². The molecule has 1 atom stereocenters. The first kappa shape index (κ1) is 16.4. The fraction of sp³-hybridized carbons (Fsp3) is 0.235. The number of benzene rings is 1. The van der Waals surface area contributed by atoms with Crippen molar-refractivity contribution in [3.05, 3.63) is 47.6 Å². The molecule has 1 fully saturated rings. The number of rotatable bonds is 5. The highest BCUT2D eigenvalue weighted by atomic mass is 32.1. The van der Waals surface area contributed by atoms with Crippen LogP contribution in [0.25, 0.3) is 10.6 Å². The van der Waals surface area contributed by atoms with E-state index in [4.69, 9.17) is 4.74 Å². The van der Waals surface area contributed by atoms with E-state index in [-0.39, 0.29) is 12.1 Å². The minimum Gasteiger partial charge on any atom is -0.447 e. The Labute approximate surface area is 153 Å². The van der Waals surface area contributed by atoms with Crippen molar-refractivity contribution in [1.82, 2.24) is 20.2 Å². The summed E-state index contributed by atoms with van der Waals surface area (Å²) in [6.45, 7) is 2.83. The Bertz CT molecular complexity index is 916. The van der Waals surface area contributed by atoms with Crippen LogP contribution in [0.4, 0.5) is 16.6 Å². The number of hydrogen-bond acceptors (Lipinski definition) is 8. The molecule has 0 bridgehead atoms. The summed E-state index contributed by atoms with van der Waals surface area (Å²) in [5.74, 6) is 0.936. The van der Waals surface area contributed by atoms with E-state index in [1.807, 2.05) is 37.3 Å². The molecule has 1 amide bonds. The lowest BCUT2D eigenvalue weighted by Crippen LogP contribution is -2.25. The number of carbonyl (C=O) groups is 1. The maximum Gasteiger partial charge on any atom is 0.415 e. The van der Waals surface area contributed by atoms with Crippen molar-refractivity contribution in [2.75, 3.05) is 23.4 Å². The molecule has 1 aromatic carbocycles. The van der Waals surface area contributed by atoms with Crippen LogP contribution in [-0.4, -0.2) is 39.4 Å². The van der Waals surface area contributed by atoms with Crippen LogP contribution >= 0.6 is 11.3 Å². The number of ether oxygens (including phenoxy) is 1. The third-order valence-electron chi connectivity index (χ3n) is 3.86. The largest absolute Gasteiger partial charge is 0.447 e. The number of hydrogen-bond donors (Lipinski definition) is 1. The van der Waals surface area contributed by atoms with Gasteiger partial charge in [0.15, 0.2) is 0 Å². The fourth-order valence-corrected chi connectivity index (χ4v) is 3.38. The van der Waals surface area contributed by atoms with Gasteiger partial charge in [0.1, 0.15) is 22.4 Å². The van der Waals surface area contributed by atoms with Crippen LogP contribution in [0, 0.1) is 0 Å². The van der Waals surface area contributed by atoms with Crippen molar-refractivity contribution in [1.29, 1.82) is 0 Å². The van der Waals surface area contributed by atoms with Crippen molar-refractivity contribution in [2.24, 2.45) is 0 Å². The first-order chi connectivity index (χ1) is 12.7. The van der Waals surface area contributed by atoms with E-state index >= 15 is 0 Å². The average Bonchev–Trinajstić information content (AvgIpc) is 3.32. The molecule has 0 unspecified atom stereocenters. The highest BCUT2D eigenvalue weighted by Gasteiger charge is 2.25. The van der Waals surface area contributed by atoms with Crippen molar-refractivity contribution >= 4 is 29.2 Å². The summed E-state index contributed by atoms with van der Waals surface area (Å²) in [4.78, 5) is 21.8. The maximum absolute atomic E-state index is 11.7. The molecule has 2 aromatic heterocycles. The van der Waals surface area contributed by atoms with Gasteiger partial charge in [-0.3, -0.25) is 4.90 Å². The van der Waals surface area contributed by atoms with Gasteiger partial charge in [-0.1, -0.05) is 41.7 Å². The van der Waals surface area contributed by atoms with Crippen LogP contribution in [0.3, 0.4) is 0 Å². The molecule has 132 valence electrons. The second kappa shape index (κ2) is 7.04. The topological polar surface area (TPSA) is 93.1 Å². The average molecular weight is 368 g/mol. The number of amides is 1. The van der Waals surface area contributed by atoms with Crippen LogP contribution in [0.1, 0.15) is 18.0 Å².